The van der Waals surface area contributed by atoms with Crippen molar-refractivity contribution in [3.63, 3.8) is 0 Å². The molecule has 0 nitrogen and oxygen atoms in total. The third-order valence-electron chi connectivity index (χ3n) is 2.12. The van der Waals surface area contributed by atoms with E-state index in [9.17, 15) is 0 Å². The molecule has 0 aromatic carbocycles. The van der Waals surface area contributed by atoms with Gasteiger partial charge in [0.15, 0.2) is 0 Å². The average molecular weight is 209 g/mol. The Hall–Kier alpha value is 1.49. The van der Waals surface area contributed by atoms with Gasteiger partial charge in [-0.2, -0.15) is 0 Å². The molecule has 1 radical (unpaired) electrons. The quantitative estimate of drug-likeness (QED) is 0.581. The molecule has 1 aliphatic rings. The fraction of sp³-hybridized carbons (Fsp3) is 1.00. The molecule has 12 heavy (non-hydrogen) atoms. The van der Waals surface area contributed by atoms with E-state index in [0.717, 1.165) is 5.82 Å². The molecule has 1 aliphatic carbocycles. The van der Waals surface area contributed by atoms with Crippen molar-refractivity contribution in [2.75, 3.05) is 0 Å². The molecule has 0 unspecified atom stereocenters. The molecule has 1 saturated carbocycles. The molecule has 0 atom stereocenters. The summed E-state index contributed by atoms with van der Waals surface area (Å²) in [5, 5.41) is 0. The second-order valence-corrected chi connectivity index (χ2v) is 2.73. The molecule has 0 amide bonds. The number of rotatable bonds is 1. The van der Waals surface area contributed by atoms with Crippen LogP contribution < -0.4 is 0 Å². The van der Waals surface area contributed by atoms with Gasteiger partial charge in [-0.25, -0.2) is 0 Å². The fourth-order valence-electron chi connectivity index (χ4n) is 1.47. The van der Waals surface area contributed by atoms with E-state index in [0.29, 0.717) is 0 Å². The van der Waals surface area contributed by atoms with Gasteiger partial charge in [-0.15, -0.1) is 0 Å². The summed E-state index contributed by atoms with van der Waals surface area (Å²) in [6.45, 7) is 2.19. The van der Waals surface area contributed by atoms with Gasteiger partial charge in [0.05, 0.1) is 0 Å². The molecule has 1 fully saturated rings. The SMILES string of the molecule is C[B]C1CCCCC1.F.F.F.[KH]. The van der Waals surface area contributed by atoms with Crippen LogP contribution in [-0.2, 0) is 0 Å². The van der Waals surface area contributed by atoms with E-state index in [1.165, 1.54) is 32.1 Å². The molecule has 0 aromatic rings. The third-order valence-corrected chi connectivity index (χ3v) is 2.12. The van der Waals surface area contributed by atoms with Crippen molar-refractivity contribution in [1.29, 1.82) is 0 Å². The van der Waals surface area contributed by atoms with Crippen LogP contribution in [-0.4, -0.2) is 58.7 Å². The van der Waals surface area contributed by atoms with E-state index in [1.54, 1.807) is 0 Å². The molecular formula is C7H18BF3K. The normalized spacial score (nSPS) is 15.4. The monoisotopic (exact) mass is 209 g/mol. The number of hydrogen-bond acceptors (Lipinski definition) is 0. The van der Waals surface area contributed by atoms with Crippen LogP contribution in [0.5, 0.6) is 0 Å². The van der Waals surface area contributed by atoms with Crippen LogP contribution in [0.1, 0.15) is 32.1 Å². The Morgan fingerprint density at radius 1 is 0.917 bits per heavy atom. The average Bonchev–Trinajstić information content (AvgIpc) is 1.90. The first-order valence-corrected chi connectivity index (χ1v) is 3.73. The molecule has 0 spiro atoms. The molecule has 1 rings (SSSR count). The molecule has 0 heterocycles. The Balaban J connectivity index is -0.0000000800. The zero-order valence-electron chi connectivity index (χ0n) is 6.91. The van der Waals surface area contributed by atoms with Crippen molar-refractivity contribution in [3.05, 3.63) is 0 Å². The molecule has 0 bridgehead atoms. The van der Waals surface area contributed by atoms with Crippen molar-refractivity contribution in [1.82, 2.24) is 0 Å². The number of hydrogen-bond donors (Lipinski definition) is 0. The Bertz CT molecular complexity index is 69.7. The van der Waals surface area contributed by atoms with E-state index in [1.807, 2.05) is 0 Å². The van der Waals surface area contributed by atoms with Crippen LogP contribution in [0.3, 0.4) is 0 Å². The summed E-state index contributed by atoms with van der Waals surface area (Å²) in [4.78, 5) is 0. The first-order valence-electron chi connectivity index (χ1n) is 3.73. The van der Waals surface area contributed by atoms with Gasteiger partial charge < -0.3 is 0 Å². The second kappa shape index (κ2) is 15.0. The van der Waals surface area contributed by atoms with Crippen molar-refractivity contribution in [3.8, 4) is 0 Å². The van der Waals surface area contributed by atoms with Gasteiger partial charge >= 0.3 is 51.4 Å². The van der Waals surface area contributed by atoms with Crippen molar-refractivity contribution in [2.24, 2.45) is 0 Å². The summed E-state index contributed by atoms with van der Waals surface area (Å²) in [5.41, 5.74) is 0. The minimum absolute atomic E-state index is 0. The van der Waals surface area contributed by atoms with E-state index < -0.39 is 0 Å². The van der Waals surface area contributed by atoms with E-state index in [-0.39, 0.29) is 65.5 Å². The van der Waals surface area contributed by atoms with Crippen LogP contribution in [0.2, 0.25) is 12.6 Å². The van der Waals surface area contributed by atoms with Gasteiger partial charge in [0.1, 0.15) is 7.28 Å². The van der Waals surface area contributed by atoms with E-state index in [2.05, 4.69) is 14.1 Å². The predicted molar refractivity (Wildman–Crippen MR) is 53.1 cm³/mol. The fourth-order valence-corrected chi connectivity index (χ4v) is 1.47. The molecule has 5 heteroatoms. The van der Waals surface area contributed by atoms with Crippen LogP contribution in [0.4, 0.5) is 14.1 Å². The Morgan fingerprint density at radius 3 is 1.58 bits per heavy atom. The van der Waals surface area contributed by atoms with Gasteiger partial charge in [-0.3, -0.25) is 14.1 Å². The van der Waals surface area contributed by atoms with Gasteiger partial charge in [0.25, 0.3) is 0 Å². The van der Waals surface area contributed by atoms with Crippen molar-refractivity contribution >= 4 is 58.7 Å². The van der Waals surface area contributed by atoms with Gasteiger partial charge in [-0.05, 0) is 0 Å². The molecule has 71 valence electrons. The summed E-state index contributed by atoms with van der Waals surface area (Å²) in [5.74, 6) is 0.962. The van der Waals surface area contributed by atoms with E-state index in [4.69, 9.17) is 0 Å². The standard InChI is InChI=1S/C7H14B.3FH.K.H/c1-8-7-5-3-2-4-6-7;;;;;/h7H,2-6H2,1H3;3*1H;;. The van der Waals surface area contributed by atoms with Gasteiger partial charge in [-0.1, -0.05) is 44.7 Å². The van der Waals surface area contributed by atoms with Crippen molar-refractivity contribution < 1.29 is 14.1 Å². The molecule has 0 N–H and O–H groups in total. The van der Waals surface area contributed by atoms with Crippen molar-refractivity contribution in [2.45, 2.75) is 44.7 Å². The summed E-state index contributed by atoms with van der Waals surface area (Å²) < 4.78 is 0. The van der Waals surface area contributed by atoms with E-state index >= 15 is 0 Å². The third kappa shape index (κ3) is 9.58. The molecular weight excluding hydrogens is 191 g/mol. The number of halogens is 3. The Morgan fingerprint density at radius 2 is 1.33 bits per heavy atom. The minimum atomic E-state index is 0. The summed E-state index contributed by atoms with van der Waals surface area (Å²) in [7, 11) is 2.36. The van der Waals surface area contributed by atoms with Crippen LogP contribution >= 0.6 is 0 Å². The van der Waals surface area contributed by atoms with Gasteiger partial charge in [0.2, 0.25) is 0 Å². The maximum absolute atomic E-state index is 2.36. The zero-order chi connectivity index (χ0) is 5.82. The second-order valence-electron chi connectivity index (χ2n) is 2.73. The topological polar surface area (TPSA) is 0 Å². The molecule has 0 aromatic heterocycles. The van der Waals surface area contributed by atoms with Crippen LogP contribution in [0, 0.1) is 0 Å². The van der Waals surface area contributed by atoms with Gasteiger partial charge in [0, 0.05) is 0 Å². The first kappa shape index (κ1) is 23.4. The predicted octanol–water partition coefficient (Wildman–Crippen LogP) is 2.30. The summed E-state index contributed by atoms with van der Waals surface area (Å²) in [6.07, 6.45) is 7.32. The Kier molecular flexibility index (Phi) is 29.2. The molecule has 0 saturated heterocycles. The summed E-state index contributed by atoms with van der Waals surface area (Å²) in [6, 6.07) is 0. The Labute approximate surface area is 116 Å². The molecule has 0 aliphatic heterocycles. The van der Waals surface area contributed by atoms with Crippen LogP contribution in [0.25, 0.3) is 0 Å². The van der Waals surface area contributed by atoms with Crippen LogP contribution in [0.15, 0.2) is 0 Å². The zero-order valence-corrected chi connectivity index (χ0v) is 6.91. The first-order chi connectivity index (χ1) is 3.93. The summed E-state index contributed by atoms with van der Waals surface area (Å²) >= 11 is 0. The maximum atomic E-state index is 2.36.